The zero-order chi connectivity index (χ0) is 13.3. The summed E-state index contributed by atoms with van der Waals surface area (Å²) in [6.07, 6.45) is 7.67. The Labute approximate surface area is 110 Å². The van der Waals surface area contributed by atoms with Crippen molar-refractivity contribution in [3.63, 3.8) is 0 Å². The molecular weight excluding hydrogens is 250 g/mol. The SMILES string of the molecule is CCCCS(=O)(=O)OCCCCc1ccncc1. The summed E-state index contributed by atoms with van der Waals surface area (Å²) in [5, 5.41) is 0. The highest BCUT2D eigenvalue weighted by Crippen LogP contribution is 2.05. The van der Waals surface area contributed by atoms with Crippen molar-refractivity contribution in [2.45, 2.75) is 39.0 Å². The van der Waals surface area contributed by atoms with Crippen molar-refractivity contribution in [1.29, 1.82) is 0 Å². The van der Waals surface area contributed by atoms with Gasteiger partial charge in [0, 0.05) is 12.4 Å². The quantitative estimate of drug-likeness (QED) is 0.511. The average Bonchev–Trinajstić information content (AvgIpc) is 2.37. The normalized spacial score (nSPS) is 11.6. The highest BCUT2D eigenvalue weighted by molar-refractivity contribution is 7.86. The minimum absolute atomic E-state index is 0.133. The van der Waals surface area contributed by atoms with Gasteiger partial charge in [-0.15, -0.1) is 0 Å². The van der Waals surface area contributed by atoms with Crippen LogP contribution in [0.25, 0.3) is 0 Å². The van der Waals surface area contributed by atoms with E-state index in [9.17, 15) is 8.42 Å². The topological polar surface area (TPSA) is 56.3 Å². The number of nitrogens with zero attached hydrogens (tertiary/aromatic N) is 1. The largest absolute Gasteiger partial charge is 0.270 e. The molecule has 0 aliphatic carbocycles. The zero-order valence-electron chi connectivity index (χ0n) is 10.8. The molecule has 102 valence electrons. The maximum atomic E-state index is 11.4. The number of hydrogen-bond donors (Lipinski definition) is 0. The molecule has 1 heterocycles. The van der Waals surface area contributed by atoms with Crippen LogP contribution in [0.15, 0.2) is 24.5 Å². The lowest BCUT2D eigenvalue weighted by Gasteiger charge is -2.05. The summed E-state index contributed by atoms with van der Waals surface area (Å²) in [6.45, 7) is 2.25. The molecule has 0 unspecified atom stereocenters. The molecule has 0 radical (unpaired) electrons. The molecule has 0 saturated heterocycles. The molecule has 0 saturated carbocycles. The van der Waals surface area contributed by atoms with Gasteiger partial charge in [-0.3, -0.25) is 9.17 Å². The van der Waals surface area contributed by atoms with Gasteiger partial charge in [-0.1, -0.05) is 13.3 Å². The Bertz CT molecular complexity index is 417. The molecule has 1 aromatic rings. The number of pyridine rings is 1. The van der Waals surface area contributed by atoms with Gasteiger partial charge < -0.3 is 0 Å². The summed E-state index contributed by atoms with van der Waals surface area (Å²) < 4.78 is 27.7. The lowest BCUT2D eigenvalue weighted by Crippen LogP contribution is -2.11. The van der Waals surface area contributed by atoms with Crippen LogP contribution < -0.4 is 0 Å². The molecule has 0 amide bonds. The second-order valence-electron chi connectivity index (χ2n) is 4.25. The van der Waals surface area contributed by atoms with Gasteiger partial charge >= 0.3 is 0 Å². The first-order chi connectivity index (χ1) is 8.64. The van der Waals surface area contributed by atoms with Crippen molar-refractivity contribution in [2.75, 3.05) is 12.4 Å². The summed E-state index contributed by atoms with van der Waals surface area (Å²) in [7, 11) is -3.30. The summed E-state index contributed by atoms with van der Waals surface area (Å²) in [5.41, 5.74) is 1.22. The fraction of sp³-hybridized carbons (Fsp3) is 0.615. The minimum Gasteiger partial charge on any atom is -0.270 e. The van der Waals surface area contributed by atoms with Gasteiger partial charge in [0.25, 0.3) is 10.1 Å². The van der Waals surface area contributed by atoms with Crippen molar-refractivity contribution in [2.24, 2.45) is 0 Å². The fourth-order valence-corrected chi connectivity index (χ4v) is 2.68. The van der Waals surface area contributed by atoms with Crippen LogP contribution in [0.2, 0.25) is 0 Å². The van der Waals surface area contributed by atoms with Crippen molar-refractivity contribution in [3.8, 4) is 0 Å². The lowest BCUT2D eigenvalue weighted by molar-refractivity contribution is 0.308. The standard InChI is InChI=1S/C13H21NO3S/c1-2-3-12-18(15,16)17-11-5-4-6-13-7-9-14-10-8-13/h7-10H,2-6,11-12H2,1H3. The van der Waals surface area contributed by atoms with E-state index in [0.29, 0.717) is 6.42 Å². The molecule has 18 heavy (non-hydrogen) atoms. The summed E-state index contributed by atoms with van der Waals surface area (Å²) in [4.78, 5) is 3.95. The van der Waals surface area contributed by atoms with Gasteiger partial charge in [0.2, 0.25) is 0 Å². The van der Waals surface area contributed by atoms with E-state index in [1.165, 1.54) is 5.56 Å². The van der Waals surface area contributed by atoms with E-state index in [1.54, 1.807) is 12.4 Å². The third-order valence-corrected chi connectivity index (χ3v) is 3.93. The van der Waals surface area contributed by atoms with E-state index in [1.807, 2.05) is 19.1 Å². The van der Waals surface area contributed by atoms with Gasteiger partial charge in [0.05, 0.1) is 12.4 Å². The van der Waals surface area contributed by atoms with Crippen LogP contribution >= 0.6 is 0 Å². The van der Waals surface area contributed by atoms with E-state index in [0.717, 1.165) is 25.7 Å². The van der Waals surface area contributed by atoms with Crippen LogP contribution in [-0.2, 0) is 20.7 Å². The first-order valence-corrected chi connectivity index (χ1v) is 7.98. The van der Waals surface area contributed by atoms with Gasteiger partial charge in [-0.05, 0) is 43.4 Å². The van der Waals surface area contributed by atoms with Gasteiger partial charge in [0.1, 0.15) is 0 Å². The average molecular weight is 271 g/mol. The Kier molecular flexibility index (Phi) is 6.90. The molecule has 0 aliphatic heterocycles. The molecule has 0 atom stereocenters. The third kappa shape index (κ3) is 6.71. The predicted octanol–water partition coefficient (Wildman–Crippen LogP) is 2.55. The smallest absolute Gasteiger partial charge is 0.267 e. The monoisotopic (exact) mass is 271 g/mol. The Balaban J connectivity index is 2.12. The third-order valence-electron chi connectivity index (χ3n) is 2.62. The zero-order valence-corrected chi connectivity index (χ0v) is 11.7. The summed E-state index contributed by atoms with van der Waals surface area (Å²) >= 11 is 0. The van der Waals surface area contributed by atoms with Crippen LogP contribution in [0.3, 0.4) is 0 Å². The number of aryl methyl sites for hydroxylation is 1. The summed E-state index contributed by atoms with van der Waals surface area (Å²) in [6, 6.07) is 3.94. The van der Waals surface area contributed by atoms with Gasteiger partial charge in [-0.25, -0.2) is 0 Å². The molecule has 4 nitrogen and oxygen atoms in total. The van der Waals surface area contributed by atoms with Crippen LogP contribution in [-0.4, -0.2) is 25.8 Å². The van der Waals surface area contributed by atoms with E-state index in [4.69, 9.17) is 4.18 Å². The maximum absolute atomic E-state index is 11.4. The van der Waals surface area contributed by atoms with Crippen molar-refractivity contribution in [1.82, 2.24) is 4.98 Å². The molecule has 0 N–H and O–H groups in total. The number of unbranched alkanes of at least 4 members (excludes halogenated alkanes) is 2. The van der Waals surface area contributed by atoms with E-state index < -0.39 is 10.1 Å². The fourth-order valence-electron chi connectivity index (χ4n) is 1.55. The summed E-state index contributed by atoms with van der Waals surface area (Å²) in [5.74, 6) is 0.133. The molecular formula is C13H21NO3S. The molecule has 0 aliphatic rings. The van der Waals surface area contributed by atoms with E-state index in [2.05, 4.69) is 4.98 Å². The number of rotatable bonds is 9. The second-order valence-corrected chi connectivity index (χ2v) is 6.01. The van der Waals surface area contributed by atoms with E-state index in [-0.39, 0.29) is 12.4 Å². The first-order valence-electron chi connectivity index (χ1n) is 6.40. The molecule has 0 aromatic carbocycles. The van der Waals surface area contributed by atoms with Crippen molar-refractivity contribution < 1.29 is 12.6 Å². The Morgan fingerprint density at radius 2 is 1.89 bits per heavy atom. The van der Waals surface area contributed by atoms with E-state index >= 15 is 0 Å². The highest BCUT2D eigenvalue weighted by Gasteiger charge is 2.09. The first kappa shape index (κ1) is 15.1. The molecule has 0 spiro atoms. The highest BCUT2D eigenvalue weighted by atomic mass is 32.2. The molecule has 1 rings (SSSR count). The second kappa shape index (κ2) is 8.21. The lowest BCUT2D eigenvalue weighted by atomic mass is 10.1. The predicted molar refractivity (Wildman–Crippen MR) is 71.8 cm³/mol. The molecule has 5 heteroatoms. The van der Waals surface area contributed by atoms with Gasteiger partial charge in [0.15, 0.2) is 0 Å². The number of hydrogen-bond acceptors (Lipinski definition) is 4. The van der Waals surface area contributed by atoms with Crippen molar-refractivity contribution >= 4 is 10.1 Å². The Morgan fingerprint density at radius 3 is 2.56 bits per heavy atom. The molecule has 1 aromatic heterocycles. The minimum atomic E-state index is -3.30. The Hall–Kier alpha value is -0.940. The van der Waals surface area contributed by atoms with Crippen molar-refractivity contribution in [3.05, 3.63) is 30.1 Å². The maximum Gasteiger partial charge on any atom is 0.267 e. The number of aromatic nitrogens is 1. The van der Waals surface area contributed by atoms with Crippen LogP contribution in [0, 0.1) is 0 Å². The van der Waals surface area contributed by atoms with Gasteiger partial charge in [-0.2, -0.15) is 8.42 Å². The van der Waals surface area contributed by atoms with Crippen LogP contribution in [0.4, 0.5) is 0 Å². The van der Waals surface area contributed by atoms with Crippen LogP contribution in [0.1, 0.15) is 38.2 Å². The molecule has 0 bridgehead atoms. The van der Waals surface area contributed by atoms with Crippen LogP contribution in [0.5, 0.6) is 0 Å². The Morgan fingerprint density at radius 1 is 1.17 bits per heavy atom. The molecule has 0 fully saturated rings.